The second-order valence-corrected chi connectivity index (χ2v) is 9.71. The van der Waals surface area contributed by atoms with Crippen LogP contribution in [0.3, 0.4) is 0 Å². The van der Waals surface area contributed by atoms with E-state index in [-0.39, 0.29) is 11.5 Å². The van der Waals surface area contributed by atoms with Gasteiger partial charge in [-0.2, -0.15) is 0 Å². The number of nitrogens with one attached hydrogen (secondary N) is 1. The van der Waals surface area contributed by atoms with Gasteiger partial charge in [0.2, 0.25) is 5.91 Å². The van der Waals surface area contributed by atoms with E-state index in [4.69, 9.17) is 4.74 Å². The minimum absolute atomic E-state index is 0.149. The number of carbonyl (C=O) groups excluding carboxylic acids is 2. The first-order valence-electron chi connectivity index (χ1n) is 11.3. The first kappa shape index (κ1) is 24.3. The highest BCUT2D eigenvalue weighted by Crippen LogP contribution is 2.31. The van der Waals surface area contributed by atoms with Crippen LogP contribution in [0.5, 0.6) is 0 Å². The van der Waals surface area contributed by atoms with E-state index in [0.717, 1.165) is 11.1 Å². The van der Waals surface area contributed by atoms with Crippen molar-refractivity contribution in [2.75, 3.05) is 12.4 Å². The van der Waals surface area contributed by atoms with Crippen molar-refractivity contribution in [3.63, 3.8) is 0 Å². The van der Waals surface area contributed by atoms with Crippen LogP contribution in [0, 0.1) is 0 Å². The molecule has 0 bridgehead atoms. The molecule has 7 nitrogen and oxygen atoms in total. The average Bonchev–Trinajstić information content (AvgIpc) is 3.13. The molecule has 1 amide bonds. The van der Waals surface area contributed by atoms with E-state index in [2.05, 4.69) is 24.2 Å². The minimum atomic E-state index is -0.635. The van der Waals surface area contributed by atoms with E-state index >= 15 is 0 Å². The molecule has 2 aromatic carbocycles. The molecule has 1 atom stereocenters. The normalized spacial score (nSPS) is 15.6. The van der Waals surface area contributed by atoms with Gasteiger partial charge in [-0.1, -0.05) is 61.6 Å². The van der Waals surface area contributed by atoms with E-state index in [1.54, 1.807) is 29.7 Å². The second kappa shape index (κ2) is 9.84. The Morgan fingerprint density at radius 3 is 2.34 bits per heavy atom. The third kappa shape index (κ3) is 4.88. The van der Waals surface area contributed by atoms with Crippen LogP contribution in [-0.4, -0.2) is 23.6 Å². The van der Waals surface area contributed by atoms with Crippen LogP contribution in [0.4, 0.5) is 5.69 Å². The zero-order valence-corrected chi connectivity index (χ0v) is 21.1. The highest BCUT2D eigenvalue weighted by molar-refractivity contribution is 7.07. The van der Waals surface area contributed by atoms with Gasteiger partial charge in [0.25, 0.3) is 5.56 Å². The average molecular weight is 490 g/mol. The topological polar surface area (TPSA) is 89.8 Å². The lowest BCUT2D eigenvalue weighted by molar-refractivity contribution is -0.136. The summed E-state index contributed by atoms with van der Waals surface area (Å²) >= 11 is 1.28. The molecule has 1 N–H and O–H groups in total. The minimum Gasteiger partial charge on any atom is -0.466 e. The first-order chi connectivity index (χ1) is 16.7. The fourth-order valence-corrected chi connectivity index (χ4v) is 5.14. The predicted octanol–water partition coefficient (Wildman–Crippen LogP) is 3.49. The Hall–Kier alpha value is -3.78. The van der Waals surface area contributed by atoms with Gasteiger partial charge < -0.3 is 10.1 Å². The molecule has 180 valence electrons. The number of benzene rings is 2. The Labute approximate surface area is 207 Å². The fraction of sp³-hybridized carbons (Fsp3) is 0.259. The van der Waals surface area contributed by atoms with Gasteiger partial charge in [-0.3, -0.25) is 14.2 Å². The SMILES string of the molecule is COC(=O)C1=C(C)N=c2s/c(=C\c3ccc(NC(C)=O)cc3)c(=O)n2C1c1ccc(C(C)C)cc1. The van der Waals surface area contributed by atoms with Gasteiger partial charge in [0.05, 0.1) is 29.0 Å². The van der Waals surface area contributed by atoms with E-state index in [0.29, 0.717) is 32.2 Å². The van der Waals surface area contributed by atoms with Gasteiger partial charge in [0.1, 0.15) is 0 Å². The van der Waals surface area contributed by atoms with Gasteiger partial charge in [-0.05, 0) is 47.7 Å². The number of allylic oxidation sites excluding steroid dienone is 1. The van der Waals surface area contributed by atoms with Crippen LogP contribution >= 0.6 is 11.3 Å². The lowest BCUT2D eigenvalue weighted by atomic mass is 9.93. The van der Waals surface area contributed by atoms with E-state index in [9.17, 15) is 14.4 Å². The summed E-state index contributed by atoms with van der Waals surface area (Å²) in [6.07, 6.45) is 1.79. The van der Waals surface area contributed by atoms with Crippen molar-refractivity contribution in [1.29, 1.82) is 0 Å². The maximum Gasteiger partial charge on any atom is 0.338 e. The Balaban J connectivity index is 1.85. The number of amides is 1. The maximum absolute atomic E-state index is 13.6. The molecule has 1 aliphatic heterocycles. The number of carbonyl (C=O) groups is 2. The van der Waals surface area contributed by atoms with Crippen molar-refractivity contribution < 1.29 is 14.3 Å². The van der Waals surface area contributed by atoms with Crippen LogP contribution < -0.4 is 20.2 Å². The van der Waals surface area contributed by atoms with Crippen molar-refractivity contribution in [3.8, 4) is 0 Å². The number of methoxy groups -OCH3 is 1. The molecule has 0 fully saturated rings. The van der Waals surface area contributed by atoms with Crippen molar-refractivity contribution in [2.45, 2.75) is 39.7 Å². The summed E-state index contributed by atoms with van der Waals surface area (Å²) in [5.74, 6) is -0.295. The highest BCUT2D eigenvalue weighted by atomic mass is 32.1. The molecular formula is C27H27N3O4S. The molecule has 1 aromatic heterocycles. The van der Waals surface area contributed by atoms with Crippen molar-refractivity contribution in [1.82, 2.24) is 4.57 Å². The lowest BCUT2D eigenvalue weighted by Crippen LogP contribution is -2.39. The number of rotatable bonds is 5. The predicted molar refractivity (Wildman–Crippen MR) is 137 cm³/mol. The number of anilines is 1. The number of thiazole rings is 1. The summed E-state index contributed by atoms with van der Waals surface area (Å²) < 4.78 is 7.14. The maximum atomic E-state index is 13.6. The third-order valence-corrected chi connectivity index (χ3v) is 6.86. The van der Waals surface area contributed by atoms with Crippen molar-refractivity contribution >= 4 is 35.0 Å². The largest absolute Gasteiger partial charge is 0.466 e. The number of hydrogen-bond donors (Lipinski definition) is 1. The van der Waals surface area contributed by atoms with Crippen LogP contribution in [0.1, 0.15) is 56.3 Å². The lowest BCUT2D eigenvalue weighted by Gasteiger charge is -2.24. The molecule has 0 aliphatic carbocycles. The standard InChI is InChI=1S/C27H27N3O4S/c1-15(2)19-8-10-20(11-9-19)24-23(26(33)34-5)16(3)28-27-30(24)25(32)22(35-27)14-18-6-12-21(13-7-18)29-17(4)31/h6-15,24H,1-5H3,(H,29,31)/b22-14-. The molecule has 1 aliphatic rings. The molecule has 0 radical (unpaired) electrons. The van der Waals surface area contributed by atoms with Gasteiger partial charge in [-0.15, -0.1) is 0 Å². The zero-order chi connectivity index (χ0) is 25.3. The smallest absolute Gasteiger partial charge is 0.338 e. The number of esters is 1. The number of ether oxygens (including phenoxy) is 1. The van der Waals surface area contributed by atoms with Crippen molar-refractivity contribution in [3.05, 3.63) is 96.2 Å². The molecule has 35 heavy (non-hydrogen) atoms. The monoisotopic (exact) mass is 489 g/mol. The summed E-state index contributed by atoms with van der Waals surface area (Å²) in [6, 6.07) is 14.6. The third-order valence-electron chi connectivity index (χ3n) is 5.87. The number of nitrogens with zero attached hydrogens (tertiary/aromatic N) is 2. The molecule has 8 heteroatoms. The summed E-state index contributed by atoms with van der Waals surface area (Å²) in [7, 11) is 1.33. The van der Waals surface area contributed by atoms with Gasteiger partial charge in [-0.25, -0.2) is 9.79 Å². The summed E-state index contributed by atoms with van der Waals surface area (Å²) in [4.78, 5) is 42.7. The molecule has 0 saturated carbocycles. The molecule has 0 spiro atoms. The molecule has 1 unspecified atom stereocenters. The van der Waals surface area contributed by atoms with Gasteiger partial charge in [0.15, 0.2) is 4.80 Å². The van der Waals surface area contributed by atoms with Crippen LogP contribution in [0.2, 0.25) is 0 Å². The van der Waals surface area contributed by atoms with Gasteiger partial charge in [0, 0.05) is 12.6 Å². The quantitative estimate of drug-likeness (QED) is 0.556. The highest BCUT2D eigenvalue weighted by Gasteiger charge is 2.33. The summed E-state index contributed by atoms with van der Waals surface area (Å²) in [5, 5.41) is 2.73. The Morgan fingerprint density at radius 2 is 1.77 bits per heavy atom. The summed E-state index contributed by atoms with van der Waals surface area (Å²) in [5.41, 5.74) is 4.13. The number of fused-ring (bicyclic) bond motifs is 1. The van der Waals surface area contributed by atoms with Crippen LogP contribution in [0.15, 0.2) is 69.6 Å². The van der Waals surface area contributed by atoms with Crippen molar-refractivity contribution in [2.24, 2.45) is 4.99 Å². The van der Waals surface area contributed by atoms with E-state index in [1.807, 2.05) is 36.4 Å². The molecular weight excluding hydrogens is 462 g/mol. The fourth-order valence-electron chi connectivity index (χ4n) is 4.09. The zero-order valence-electron chi connectivity index (χ0n) is 20.3. The summed E-state index contributed by atoms with van der Waals surface area (Å²) in [6.45, 7) is 7.45. The van der Waals surface area contributed by atoms with E-state index in [1.165, 1.54) is 30.9 Å². The molecule has 2 heterocycles. The Bertz CT molecular complexity index is 1490. The molecule has 3 aromatic rings. The van der Waals surface area contributed by atoms with Crippen LogP contribution in [0.25, 0.3) is 6.08 Å². The number of hydrogen-bond acceptors (Lipinski definition) is 6. The van der Waals surface area contributed by atoms with E-state index < -0.39 is 12.0 Å². The Kier molecular flexibility index (Phi) is 6.84. The van der Waals surface area contributed by atoms with Gasteiger partial charge >= 0.3 is 5.97 Å². The Morgan fingerprint density at radius 1 is 1.11 bits per heavy atom. The first-order valence-corrected chi connectivity index (χ1v) is 12.1. The second-order valence-electron chi connectivity index (χ2n) is 8.70. The molecule has 4 rings (SSSR count). The van der Waals surface area contributed by atoms with Crippen LogP contribution in [-0.2, 0) is 14.3 Å². The number of aromatic nitrogens is 1. The molecule has 0 saturated heterocycles.